The number of benzene rings is 2. The summed E-state index contributed by atoms with van der Waals surface area (Å²) in [5, 5.41) is 8.95. The Morgan fingerprint density at radius 3 is 2.17 bits per heavy atom. The first-order valence-electron chi connectivity index (χ1n) is 18.3. The van der Waals surface area contributed by atoms with E-state index in [0.717, 1.165) is 30.5 Å². The van der Waals surface area contributed by atoms with Crippen LogP contribution in [0.2, 0.25) is 5.02 Å². The minimum Gasteiger partial charge on any atom is -0.346 e. The van der Waals surface area contributed by atoms with E-state index in [4.69, 9.17) is 11.6 Å². The molecule has 2 atom stereocenters. The molecule has 0 saturated carbocycles. The van der Waals surface area contributed by atoms with E-state index in [1.165, 1.54) is 32.0 Å². The van der Waals surface area contributed by atoms with Crippen LogP contribution in [0.25, 0.3) is 22.0 Å². The molecule has 0 spiro atoms. The van der Waals surface area contributed by atoms with Gasteiger partial charge in [-0.05, 0) is 62.1 Å². The maximum Gasteiger partial charge on any atom is 0.435 e. The van der Waals surface area contributed by atoms with Crippen molar-refractivity contribution in [2.24, 2.45) is 0 Å². The molecule has 64 heavy (non-hydrogen) atoms. The fraction of sp³-hybridized carbons (Fsp3) is 0.333. The number of halogens is 11. The van der Waals surface area contributed by atoms with Crippen molar-refractivity contribution < 1.29 is 65.5 Å². The van der Waals surface area contributed by atoms with E-state index in [-0.39, 0.29) is 43.2 Å². The lowest BCUT2D eigenvalue weighted by molar-refractivity contribution is -0.142. The molecular formula is C39H30ClF10N7O5S2. The molecule has 3 heterocycles. The zero-order chi connectivity index (χ0) is 47.3. The summed E-state index contributed by atoms with van der Waals surface area (Å²) in [7, 11) is -8.07. The first-order valence-corrected chi connectivity index (χ1v) is 22.5. The number of allylic oxidation sites excluding steroid dienone is 2. The van der Waals surface area contributed by atoms with E-state index >= 15 is 8.78 Å². The predicted molar refractivity (Wildman–Crippen MR) is 211 cm³/mol. The predicted octanol–water partition coefficient (Wildman–Crippen LogP) is 7.58. The molecular weight excluding hydrogens is 936 g/mol. The molecule has 0 bridgehead atoms. The topological polar surface area (TPSA) is 158 Å². The number of pyridine rings is 1. The first kappa shape index (κ1) is 46.3. The summed E-state index contributed by atoms with van der Waals surface area (Å²) in [5.41, 5.74) is -6.04. The summed E-state index contributed by atoms with van der Waals surface area (Å²) >= 11 is 6.45. The number of carbonyl (C=O) groups excluding carboxylic acids is 1. The van der Waals surface area contributed by atoms with Crippen molar-refractivity contribution in [3.63, 3.8) is 0 Å². The fourth-order valence-electron chi connectivity index (χ4n) is 7.16. The van der Waals surface area contributed by atoms with Gasteiger partial charge in [0.15, 0.2) is 21.3 Å². The minimum absolute atomic E-state index is 0.178. The number of nitrogens with zero attached hydrogens (tertiary/aromatic N) is 5. The van der Waals surface area contributed by atoms with Gasteiger partial charge in [-0.25, -0.2) is 30.6 Å². The standard InChI is InChI=1S/C39H30ClF10N7O5S2/c1-36(2,63(3,59)60)10-9-21-5-6-22(23-7-8-26(40)30-32(23)57(17-37(43,44)45)54-35(30)55-64(4,61)62)31(51-21)27(13-18-11-19(41)14-20(42)12-18)52-28(58)16-56-34-29(33(53-56)39(48,49)50)24-15-25(24)38(34,46)47/h5-8,11-12,14-15,24,27H,13,16-17H2,1-4H3,(H,52,58)(H,54,55)/t24-,27-/m0/s1. The van der Waals surface area contributed by atoms with Crippen LogP contribution in [0.15, 0.2) is 54.1 Å². The molecule has 5 aromatic rings. The quantitative estimate of drug-likeness (QED) is 0.0780. The number of carbonyl (C=O) groups is 1. The first-order chi connectivity index (χ1) is 29.3. The maximum absolute atomic E-state index is 15.4. The SMILES string of the molecule is CC(C)(C#Cc1ccc(-c2ccc(Cl)c3c(NS(C)(=O)=O)nn(CC(F)(F)F)c23)c([C@H](Cc2cc(F)cc(F)c2)NC(=O)Cn2nc(C(F)(F)F)c3c2C(F)(F)C2=C[C@@H]23)n1)S(C)(=O)=O. The van der Waals surface area contributed by atoms with Crippen molar-refractivity contribution >= 4 is 54.1 Å². The molecule has 2 aliphatic carbocycles. The zero-order valence-corrected chi connectivity index (χ0v) is 35.5. The van der Waals surface area contributed by atoms with Gasteiger partial charge in [-0.2, -0.15) is 45.3 Å². The molecule has 12 nitrogen and oxygen atoms in total. The van der Waals surface area contributed by atoms with E-state index in [9.17, 15) is 56.8 Å². The highest BCUT2D eigenvalue weighted by molar-refractivity contribution is 7.92. The number of sulfonamides is 1. The van der Waals surface area contributed by atoms with Crippen LogP contribution < -0.4 is 10.0 Å². The average molecular weight is 966 g/mol. The third kappa shape index (κ3) is 9.14. The molecule has 7 rings (SSSR count). The Balaban J connectivity index is 1.45. The van der Waals surface area contributed by atoms with Gasteiger partial charge in [-0.15, -0.1) is 0 Å². The third-order valence-corrected chi connectivity index (χ3v) is 13.0. The summed E-state index contributed by atoms with van der Waals surface area (Å²) in [6, 6.07) is 5.19. The summed E-state index contributed by atoms with van der Waals surface area (Å²) in [6.45, 7) is -0.585. The normalized spacial score (nSPS) is 16.4. The van der Waals surface area contributed by atoms with E-state index < -0.39 is 126 Å². The second-order valence-corrected chi connectivity index (χ2v) is 20.2. The Kier molecular flexibility index (Phi) is 11.2. The molecule has 0 radical (unpaired) electrons. The number of fused-ring (bicyclic) bond motifs is 4. The Labute approximate surface area is 361 Å². The highest BCUT2D eigenvalue weighted by Crippen LogP contribution is 2.63. The van der Waals surface area contributed by atoms with Crippen LogP contribution in [0.3, 0.4) is 0 Å². The molecule has 0 aliphatic heterocycles. The van der Waals surface area contributed by atoms with Crippen LogP contribution in [-0.4, -0.2) is 70.7 Å². The van der Waals surface area contributed by atoms with Crippen molar-refractivity contribution in [1.82, 2.24) is 29.9 Å². The van der Waals surface area contributed by atoms with Crippen LogP contribution in [0.1, 0.15) is 59.7 Å². The molecule has 2 aromatic carbocycles. The Morgan fingerprint density at radius 2 is 1.58 bits per heavy atom. The number of anilines is 1. The second-order valence-electron chi connectivity index (χ2n) is 15.5. The Hall–Kier alpha value is -5.67. The zero-order valence-electron chi connectivity index (χ0n) is 33.1. The van der Waals surface area contributed by atoms with Gasteiger partial charge in [0.25, 0.3) is 0 Å². The molecule has 3 aromatic heterocycles. The van der Waals surface area contributed by atoms with Crippen molar-refractivity contribution in [2.45, 2.75) is 68.3 Å². The number of amides is 1. The van der Waals surface area contributed by atoms with Crippen LogP contribution in [0.5, 0.6) is 0 Å². The number of nitrogens with one attached hydrogen (secondary N) is 2. The summed E-state index contributed by atoms with van der Waals surface area (Å²) in [6.07, 6.45) is -8.34. The Bertz CT molecular complexity index is 3100. The largest absolute Gasteiger partial charge is 0.435 e. The highest BCUT2D eigenvalue weighted by atomic mass is 35.5. The van der Waals surface area contributed by atoms with Gasteiger partial charge in [0.05, 0.1) is 33.9 Å². The Morgan fingerprint density at radius 1 is 0.938 bits per heavy atom. The smallest absolute Gasteiger partial charge is 0.346 e. The van der Waals surface area contributed by atoms with Gasteiger partial charge >= 0.3 is 18.3 Å². The van der Waals surface area contributed by atoms with Crippen molar-refractivity contribution in [2.75, 3.05) is 17.2 Å². The number of rotatable bonds is 11. The molecule has 0 unspecified atom stereocenters. The molecule has 25 heteroatoms. The third-order valence-electron chi connectivity index (χ3n) is 10.2. The van der Waals surface area contributed by atoms with Crippen molar-refractivity contribution in [3.8, 4) is 23.0 Å². The lowest BCUT2D eigenvalue weighted by Gasteiger charge is -2.23. The molecule has 2 N–H and O–H groups in total. The number of sulfone groups is 1. The van der Waals surface area contributed by atoms with Gasteiger partial charge in [0, 0.05) is 40.5 Å². The molecule has 0 saturated heterocycles. The van der Waals surface area contributed by atoms with E-state index in [1.54, 1.807) is 0 Å². The number of alkyl halides is 8. The summed E-state index contributed by atoms with van der Waals surface area (Å²) in [5.74, 6) is -4.36. The van der Waals surface area contributed by atoms with Gasteiger partial charge in [0.1, 0.15) is 40.9 Å². The van der Waals surface area contributed by atoms with E-state index in [1.807, 2.05) is 4.72 Å². The highest BCUT2D eigenvalue weighted by Gasteiger charge is 2.62. The van der Waals surface area contributed by atoms with Crippen LogP contribution in [0, 0.1) is 23.5 Å². The number of hydrogen-bond donors (Lipinski definition) is 2. The van der Waals surface area contributed by atoms with E-state index in [0.29, 0.717) is 17.0 Å². The molecule has 1 amide bonds. The maximum atomic E-state index is 15.4. The van der Waals surface area contributed by atoms with Crippen molar-refractivity contribution in [1.29, 1.82) is 0 Å². The van der Waals surface area contributed by atoms with Gasteiger partial charge < -0.3 is 5.32 Å². The molecule has 340 valence electrons. The van der Waals surface area contributed by atoms with Gasteiger partial charge in [-0.3, -0.25) is 18.9 Å². The fourth-order valence-corrected chi connectivity index (χ4v) is 8.14. The molecule has 2 aliphatic rings. The lowest BCUT2D eigenvalue weighted by Crippen LogP contribution is -2.35. The average Bonchev–Trinajstić information content (AvgIpc) is 3.66. The van der Waals surface area contributed by atoms with Crippen LogP contribution >= 0.6 is 11.6 Å². The minimum atomic E-state index is -5.22. The van der Waals surface area contributed by atoms with Crippen LogP contribution in [-0.2, 0) is 56.3 Å². The summed E-state index contributed by atoms with van der Waals surface area (Å²) in [4.78, 5) is 18.5. The van der Waals surface area contributed by atoms with Crippen LogP contribution in [0.4, 0.5) is 49.7 Å². The second kappa shape index (κ2) is 15.5. The van der Waals surface area contributed by atoms with Gasteiger partial charge in [-0.1, -0.05) is 29.7 Å². The van der Waals surface area contributed by atoms with E-state index in [2.05, 4.69) is 32.3 Å². The number of hydrogen-bond acceptors (Lipinski definition) is 8. The number of aromatic nitrogens is 5. The monoisotopic (exact) mass is 965 g/mol. The van der Waals surface area contributed by atoms with Crippen molar-refractivity contribution in [3.05, 3.63) is 105 Å². The van der Waals surface area contributed by atoms with Gasteiger partial charge in [0.2, 0.25) is 15.9 Å². The summed E-state index contributed by atoms with van der Waals surface area (Å²) < 4.78 is 195. The lowest BCUT2D eigenvalue weighted by atomic mass is 9.93. The molecule has 0 fully saturated rings.